The molecule has 6 nitrogen and oxygen atoms in total. The average Bonchev–Trinajstić information content (AvgIpc) is 2.12. The van der Waals surface area contributed by atoms with Crippen LogP contribution in [-0.2, 0) is 0 Å². The van der Waals surface area contributed by atoms with Crippen molar-refractivity contribution in [2.45, 2.75) is 24.4 Å². The zero-order valence-corrected chi connectivity index (χ0v) is 6.54. The van der Waals surface area contributed by atoms with E-state index in [1.54, 1.807) is 0 Å². The van der Waals surface area contributed by atoms with Gasteiger partial charge in [-0.3, -0.25) is 0 Å². The van der Waals surface area contributed by atoms with Crippen molar-refractivity contribution in [2.75, 3.05) is 13.2 Å². The first-order chi connectivity index (χ1) is 5.54. The van der Waals surface area contributed by atoms with Gasteiger partial charge in [0.25, 0.3) is 0 Å². The molecule has 7 N–H and O–H groups in total. The van der Waals surface area contributed by atoms with Gasteiger partial charge in [-0.1, -0.05) is 0 Å². The minimum Gasteiger partial charge on any atom is -0.394 e. The quantitative estimate of drug-likeness (QED) is 0.260. The van der Waals surface area contributed by atoms with Gasteiger partial charge in [0.2, 0.25) is 0 Å². The minimum atomic E-state index is -1.59. The summed E-state index contributed by atoms with van der Waals surface area (Å²) >= 11 is 0. The van der Waals surface area contributed by atoms with Gasteiger partial charge in [-0.05, 0) is 0 Å². The van der Waals surface area contributed by atoms with Gasteiger partial charge < -0.3 is 31.3 Å². The summed E-state index contributed by atoms with van der Waals surface area (Å²) in [6, 6.07) is 0. The standard InChI is InChI=1S/C6H15NO5/c7-1-3(9)5(11)6(12)4(10)2-8/h3-6,8-12H,1-2,7H2/t3-,4+,5-,6+/m1/s1. The van der Waals surface area contributed by atoms with Crippen molar-refractivity contribution in [1.29, 1.82) is 0 Å². The summed E-state index contributed by atoms with van der Waals surface area (Å²) in [5.41, 5.74) is 4.99. The fourth-order valence-corrected chi connectivity index (χ4v) is 0.703. The van der Waals surface area contributed by atoms with Crippen LogP contribution >= 0.6 is 0 Å². The summed E-state index contributed by atoms with van der Waals surface area (Å²) in [5.74, 6) is 0. The summed E-state index contributed by atoms with van der Waals surface area (Å²) in [7, 11) is 0. The largest absolute Gasteiger partial charge is 0.394 e. The zero-order chi connectivity index (χ0) is 9.72. The second-order valence-electron chi connectivity index (χ2n) is 2.53. The van der Waals surface area contributed by atoms with E-state index in [4.69, 9.17) is 31.3 Å². The second kappa shape index (κ2) is 5.41. The number of aliphatic hydroxyl groups excluding tert-OH is 5. The maximum Gasteiger partial charge on any atom is 0.111 e. The second-order valence-corrected chi connectivity index (χ2v) is 2.53. The Morgan fingerprint density at radius 2 is 1.33 bits per heavy atom. The van der Waals surface area contributed by atoms with E-state index < -0.39 is 31.0 Å². The summed E-state index contributed by atoms with van der Waals surface area (Å²) in [5, 5.41) is 44.2. The molecular weight excluding hydrogens is 166 g/mol. The molecular formula is C6H15NO5. The summed E-state index contributed by atoms with van der Waals surface area (Å²) in [6.45, 7) is -0.911. The third-order valence-electron chi connectivity index (χ3n) is 1.57. The summed E-state index contributed by atoms with van der Waals surface area (Å²) < 4.78 is 0. The Morgan fingerprint density at radius 1 is 0.917 bits per heavy atom. The molecule has 0 spiro atoms. The first kappa shape index (κ1) is 11.8. The van der Waals surface area contributed by atoms with Crippen LogP contribution in [0.1, 0.15) is 0 Å². The Morgan fingerprint density at radius 3 is 1.67 bits per heavy atom. The first-order valence-corrected chi connectivity index (χ1v) is 3.57. The summed E-state index contributed by atoms with van der Waals surface area (Å²) in [6.07, 6.45) is -5.91. The molecule has 0 unspecified atom stereocenters. The van der Waals surface area contributed by atoms with Crippen molar-refractivity contribution in [3.05, 3.63) is 0 Å². The number of hydrogen-bond donors (Lipinski definition) is 6. The van der Waals surface area contributed by atoms with E-state index in [9.17, 15) is 0 Å². The van der Waals surface area contributed by atoms with Gasteiger partial charge in [0.15, 0.2) is 0 Å². The summed E-state index contributed by atoms with van der Waals surface area (Å²) in [4.78, 5) is 0. The fourth-order valence-electron chi connectivity index (χ4n) is 0.703. The molecule has 0 aliphatic rings. The van der Waals surface area contributed by atoms with Crippen LogP contribution in [-0.4, -0.2) is 63.1 Å². The van der Waals surface area contributed by atoms with Crippen LogP contribution < -0.4 is 5.73 Å². The molecule has 0 fully saturated rings. The number of nitrogens with two attached hydrogens (primary N) is 1. The Balaban J connectivity index is 3.99. The van der Waals surface area contributed by atoms with Gasteiger partial charge in [0, 0.05) is 6.54 Å². The van der Waals surface area contributed by atoms with Crippen LogP contribution in [0.25, 0.3) is 0 Å². The van der Waals surface area contributed by atoms with Crippen molar-refractivity contribution in [3.63, 3.8) is 0 Å². The molecule has 0 amide bonds. The lowest BCUT2D eigenvalue weighted by Gasteiger charge is -2.24. The van der Waals surface area contributed by atoms with Crippen LogP contribution in [0.4, 0.5) is 0 Å². The smallest absolute Gasteiger partial charge is 0.111 e. The molecule has 0 radical (unpaired) electrons. The predicted octanol–water partition coefficient (Wildman–Crippen LogP) is -3.62. The number of aliphatic hydroxyl groups is 5. The third kappa shape index (κ3) is 3.02. The normalized spacial score (nSPS) is 21.5. The Bertz CT molecular complexity index is 109. The highest BCUT2D eigenvalue weighted by molar-refractivity contribution is 4.80. The van der Waals surface area contributed by atoms with Crippen LogP contribution in [0.15, 0.2) is 0 Å². The average molecular weight is 181 g/mol. The van der Waals surface area contributed by atoms with E-state index in [1.807, 2.05) is 0 Å². The molecule has 0 aromatic carbocycles. The SMILES string of the molecule is NC[C@@H](O)[C@@H](O)[C@@H](O)[C@@H](O)CO. The topological polar surface area (TPSA) is 127 Å². The van der Waals surface area contributed by atoms with Gasteiger partial charge in [-0.2, -0.15) is 0 Å². The van der Waals surface area contributed by atoms with E-state index in [1.165, 1.54) is 0 Å². The third-order valence-corrected chi connectivity index (χ3v) is 1.57. The van der Waals surface area contributed by atoms with Crippen LogP contribution in [0, 0.1) is 0 Å². The van der Waals surface area contributed by atoms with E-state index >= 15 is 0 Å². The van der Waals surface area contributed by atoms with Crippen molar-refractivity contribution in [1.82, 2.24) is 0 Å². The predicted molar refractivity (Wildman–Crippen MR) is 40.2 cm³/mol. The molecule has 12 heavy (non-hydrogen) atoms. The van der Waals surface area contributed by atoms with Gasteiger partial charge in [-0.15, -0.1) is 0 Å². The van der Waals surface area contributed by atoms with Crippen molar-refractivity contribution < 1.29 is 25.5 Å². The van der Waals surface area contributed by atoms with Gasteiger partial charge in [-0.25, -0.2) is 0 Å². The number of rotatable bonds is 5. The van der Waals surface area contributed by atoms with Gasteiger partial charge in [0.05, 0.1) is 12.7 Å². The van der Waals surface area contributed by atoms with Crippen molar-refractivity contribution in [3.8, 4) is 0 Å². The lowest BCUT2D eigenvalue weighted by atomic mass is 10.0. The molecule has 0 aliphatic carbocycles. The fraction of sp³-hybridized carbons (Fsp3) is 1.00. The Kier molecular flexibility index (Phi) is 5.31. The highest BCUT2D eigenvalue weighted by Crippen LogP contribution is 2.03. The molecule has 74 valence electrons. The van der Waals surface area contributed by atoms with Crippen LogP contribution in [0.5, 0.6) is 0 Å². The molecule has 0 bridgehead atoms. The molecule has 6 heteroatoms. The van der Waals surface area contributed by atoms with E-state index in [-0.39, 0.29) is 6.54 Å². The Hall–Kier alpha value is -0.240. The molecule has 0 saturated heterocycles. The van der Waals surface area contributed by atoms with Gasteiger partial charge >= 0.3 is 0 Å². The Labute approximate surface area is 69.9 Å². The van der Waals surface area contributed by atoms with E-state index in [2.05, 4.69) is 0 Å². The van der Waals surface area contributed by atoms with Crippen LogP contribution in [0.2, 0.25) is 0 Å². The van der Waals surface area contributed by atoms with E-state index in [0.29, 0.717) is 0 Å². The first-order valence-electron chi connectivity index (χ1n) is 3.57. The molecule has 0 aromatic heterocycles. The maximum absolute atomic E-state index is 9.04. The minimum absolute atomic E-state index is 0.226. The lowest BCUT2D eigenvalue weighted by Crippen LogP contribution is -2.48. The van der Waals surface area contributed by atoms with Crippen molar-refractivity contribution >= 4 is 0 Å². The lowest BCUT2D eigenvalue weighted by molar-refractivity contribution is -0.112. The maximum atomic E-state index is 9.04. The number of hydrogen-bond acceptors (Lipinski definition) is 6. The zero-order valence-electron chi connectivity index (χ0n) is 6.54. The molecule has 0 saturated carbocycles. The molecule has 4 atom stereocenters. The molecule has 0 aromatic rings. The van der Waals surface area contributed by atoms with Crippen LogP contribution in [0.3, 0.4) is 0 Å². The van der Waals surface area contributed by atoms with E-state index in [0.717, 1.165) is 0 Å². The van der Waals surface area contributed by atoms with Crippen molar-refractivity contribution in [2.24, 2.45) is 5.73 Å². The highest BCUT2D eigenvalue weighted by atomic mass is 16.4. The van der Waals surface area contributed by atoms with Gasteiger partial charge in [0.1, 0.15) is 18.3 Å². The molecule has 0 heterocycles. The molecule has 0 rings (SSSR count). The highest BCUT2D eigenvalue weighted by Gasteiger charge is 2.28. The monoisotopic (exact) mass is 181 g/mol. The molecule has 0 aliphatic heterocycles.